The molecule has 0 spiro atoms. The van der Waals surface area contributed by atoms with Crippen molar-refractivity contribution in [2.75, 3.05) is 25.5 Å². The van der Waals surface area contributed by atoms with Crippen molar-refractivity contribution in [1.82, 2.24) is 20.3 Å². The molecule has 1 unspecified atom stereocenters. The molecule has 8 heteroatoms. The van der Waals surface area contributed by atoms with E-state index in [9.17, 15) is 0 Å². The highest BCUT2D eigenvalue weighted by Crippen LogP contribution is 2.36. The zero-order chi connectivity index (χ0) is 20.7. The number of rotatable bonds is 4. The smallest absolute Gasteiger partial charge is 0.318 e. The van der Waals surface area contributed by atoms with Crippen LogP contribution in [0.4, 0.5) is 10.2 Å². The van der Waals surface area contributed by atoms with Crippen LogP contribution in [0, 0.1) is 5.82 Å². The molecular weight excluding hydrogens is 405 g/mol. The minimum Gasteiger partial charge on any atom is -0.467 e. The topological polar surface area (TPSA) is 72.0 Å². The van der Waals surface area contributed by atoms with Crippen molar-refractivity contribution in [2.24, 2.45) is 0 Å². The zero-order valence-corrected chi connectivity index (χ0v) is 17.0. The monoisotopic (exact) mass is 423 g/mol. The number of fused-ring (bicyclic) bond motifs is 2. The molecule has 1 aliphatic rings. The van der Waals surface area contributed by atoms with E-state index >= 15 is 4.39 Å². The first-order valence-electron chi connectivity index (χ1n) is 9.71. The lowest BCUT2D eigenvalue weighted by atomic mass is 10.0. The van der Waals surface area contributed by atoms with Crippen LogP contribution in [0.25, 0.3) is 32.9 Å². The van der Waals surface area contributed by atoms with Crippen molar-refractivity contribution in [3.05, 3.63) is 53.4 Å². The van der Waals surface area contributed by atoms with Crippen LogP contribution in [-0.2, 0) is 0 Å². The summed E-state index contributed by atoms with van der Waals surface area (Å²) in [4.78, 5) is 13.1. The molecule has 0 radical (unpaired) electrons. The van der Waals surface area contributed by atoms with Crippen LogP contribution in [0.5, 0.6) is 6.01 Å². The van der Waals surface area contributed by atoms with Gasteiger partial charge < -0.3 is 15.4 Å². The Labute approximate surface area is 177 Å². The van der Waals surface area contributed by atoms with E-state index in [1.165, 1.54) is 7.11 Å². The molecule has 2 aromatic carbocycles. The Hall–Kier alpha value is -3.03. The Morgan fingerprint density at radius 2 is 2.03 bits per heavy atom. The fourth-order valence-electron chi connectivity index (χ4n) is 3.89. The summed E-state index contributed by atoms with van der Waals surface area (Å²) in [6.07, 6.45) is 2.56. The molecule has 0 aliphatic carbocycles. The molecule has 5 rings (SSSR count). The standard InChI is InChI=1S/C22H19ClFN5O/c1-30-22-28-20-15(21(29-22)27-13-8-9-25-10-13)11-26-19(18(20)24)14-6-2-4-12-5-3-7-16(23)17(12)14/h2-7,11,13,25H,8-10H2,1H3,(H,27,28,29). The molecule has 1 aliphatic heterocycles. The van der Waals surface area contributed by atoms with Crippen LogP contribution < -0.4 is 15.4 Å². The van der Waals surface area contributed by atoms with E-state index in [1.54, 1.807) is 12.3 Å². The van der Waals surface area contributed by atoms with E-state index in [-0.39, 0.29) is 23.3 Å². The molecule has 3 heterocycles. The molecule has 0 amide bonds. The van der Waals surface area contributed by atoms with Gasteiger partial charge in [0.05, 0.1) is 12.5 Å². The quantitative estimate of drug-likeness (QED) is 0.506. The van der Waals surface area contributed by atoms with Gasteiger partial charge in [0.25, 0.3) is 0 Å². The number of halogens is 2. The molecule has 1 atom stereocenters. The van der Waals surface area contributed by atoms with Gasteiger partial charge in [-0.1, -0.05) is 41.9 Å². The number of benzene rings is 2. The number of nitrogens with zero attached hydrogens (tertiary/aromatic N) is 3. The summed E-state index contributed by atoms with van der Waals surface area (Å²) in [5.41, 5.74) is 0.962. The van der Waals surface area contributed by atoms with Gasteiger partial charge in [-0.15, -0.1) is 0 Å². The Kier molecular flexibility index (Phi) is 4.84. The van der Waals surface area contributed by atoms with E-state index in [4.69, 9.17) is 16.3 Å². The van der Waals surface area contributed by atoms with Crippen molar-refractivity contribution >= 4 is 39.1 Å². The van der Waals surface area contributed by atoms with Crippen molar-refractivity contribution in [3.63, 3.8) is 0 Å². The first-order chi connectivity index (χ1) is 14.7. The predicted molar refractivity (Wildman–Crippen MR) is 117 cm³/mol. The van der Waals surface area contributed by atoms with E-state index < -0.39 is 5.82 Å². The minimum atomic E-state index is -0.534. The van der Waals surface area contributed by atoms with Crippen molar-refractivity contribution < 1.29 is 9.13 Å². The van der Waals surface area contributed by atoms with Gasteiger partial charge in [0, 0.05) is 34.8 Å². The maximum atomic E-state index is 15.7. The number of nitrogens with one attached hydrogen (secondary N) is 2. The van der Waals surface area contributed by atoms with Gasteiger partial charge in [-0.3, -0.25) is 4.98 Å². The second-order valence-electron chi connectivity index (χ2n) is 7.22. The van der Waals surface area contributed by atoms with Crippen LogP contribution in [0.2, 0.25) is 5.02 Å². The number of ether oxygens (including phenoxy) is 1. The fraction of sp³-hybridized carbons (Fsp3) is 0.227. The lowest BCUT2D eigenvalue weighted by molar-refractivity contribution is 0.381. The first-order valence-corrected chi connectivity index (χ1v) is 10.1. The van der Waals surface area contributed by atoms with Gasteiger partial charge in [-0.25, -0.2) is 4.39 Å². The number of hydrogen-bond donors (Lipinski definition) is 2. The molecule has 2 aromatic heterocycles. The third-order valence-electron chi connectivity index (χ3n) is 5.36. The van der Waals surface area contributed by atoms with Crippen LogP contribution in [0.1, 0.15) is 6.42 Å². The van der Waals surface area contributed by atoms with Crippen molar-refractivity contribution in [2.45, 2.75) is 12.5 Å². The molecule has 30 heavy (non-hydrogen) atoms. The number of hydrogen-bond acceptors (Lipinski definition) is 6. The second kappa shape index (κ2) is 7.66. The Bertz CT molecular complexity index is 1250. The van der Waals surface area contributed by atoms with E-state index in [0.717, 1.165) is 30.3 Å². The number of anilines is 1. The van der Waals surface area contributed by atoms with E-state index in [0.29, 0.717) is 21.8 Å². The summed E-state index contributed by atoms with van der Waals surface area (Å²) in [5, 5.41) is 9.38. The molecule has 0 bridgehead atoms. The zero-order valence-electron chi connectivity index (χ0n) is 16.2. The SMILES string of the molecule is COc1nc(NC2CCNC2)c2cnc(-c3cccc4cccc(Cl)c34)c(F)c2n1. The molecule has 0 saturated carbocycles. The van der Waals surface area contributed by atoms with Gasteiger partial charge in [-0.2, -0.15) is 9.97 Å². The van der Waals surface area contributed by atoms with Crippen LogP contribution in [0.15, 0.2) is 42.6 Å². The van der Waals surface area contributed by atoms with Gasteiger partial charge in [0.15, 0.2) is 5.82 Å². The number of pyridine rings is 1. The third-order valence-corrected chi connectivity index (χ3v) is 5.67. The Morgan fingerprint density at radius 1 is 1.20 bits per heavy atom. The molecule has 2 N–H and O–H groups in total. The highest BCUT2D eigenvalue weighted by atomic mass is 35.5. The van der Waals surface area contributed by atoms with Gasteiger partial charge in [0.1, 0.15) is 17.0 Å². The largest absolute Gasteiger partial charge is 0.467 e. The molecule has 4 aromatic rings. The molecule has 6 nitrogen and oxygen atoms in total. The number of methoxy groups -OCH3 is 1. The Balaban J connectivity index is 1.71. The molecular formula is C22H19ClFN5O. The van der Waals surface area contributed by atoms with Gasteiger partial charge >= 0.3 is 6.01 Å². The maximum absolute atomic E-state index is 15.7. The maximum Gasteiger partial charge on any atom is 0.318 e. The summed E-state index contributed by atoms with van der Waals surface area (Å²) in [7, 11) is 1.46. The first kappa shape index (κ1) is 19.0. The summed E-state index contributed by atoms with van der Waals surface area (Å²) in [5.74, 6) is -0.0207. The second-order valence-corrected chi connectivity index (χ2v) is 7.63. The van der Waals surface area contributed by atoms with Gasteiger partial charge in [-0.05, 0) is 24.4 Å². The Morgan fingerprint density at radius 3 is 2.80 bits per heavy atom. The number of aromatic nitrogens is 3. The van der Waals surface area contributed by atoms with Gasteiger partial charge in [0.2, 0.25) is 0 Å². The summed E-state index contributed by atoms with van der Waals surface area (Å²) < 4.78 is 21.0. The minimum absolute atomic E-state index is 0.1000. The fourth-order valence-corrected chi connectivity index (χ4v) is 4.17. The van der Waals surface area contributed by atoms with Crippen LogP contribution in [-0.4, -0.2) is 41.2 Å². The summed E-state index contributed by atoms with van der Waals surface area (Å²) >= 11 is 6.44. The lowest BCUT2D eigenvalue weighted by Crippen LogP contribution is -2.23. The van der Waals surface area contributed by atoms with E-state index in [2.05, 4.69) is 25.6 Å². The average molecular weight is 424 g/mol. The summed E-state index contributed by atoms with van der Waals surface area (Å²) in [6, 6.07) is 11.5. The van der Waals surface area contributed by atoms with E-state index in [1.807, 2.05) is 30.3 Å². The predicted octanol–water partition coefficient (Wildman–Crippen LogP) is 4.42. The molecule has 1 fully saturated rings. The molecule has 1 saturated heterocycles. The molecule has 152 valence electrons. The van der Waals surface area contributed by atoms with Crippen LogP contribution >= 0.6 is 11.6 Å². The summed E-state index contributed by atoms with van der Waals surface area (Å²) in [6.45, 7) is 1.74. The van der Waals surface area contributed by atoms with Crippen molar-refractivity contribution in [1.29, 1.82) is 0 Å². The highest BCUT2D eigenvalue weighted by molar-refractivity contribution is 6.36. The third kappa shape index (κ3) is 3.20. The van der Waals surface area contributed by atoms with Crippen LogP contribution in [0.3, 0.4) is 0 Å². The average Bonchev–Trinajstić information content (AvgIpc) is 3.27. The van der Waals surface area contributed by atoms with Crippen molar-refractivity contribution in [3.8, 4) is 17.3 Å². The highest BCUT2D eigenvalue weighted by Gasteiger charge is 2.22. The lowest BCUT2D eigenvalue weighted by Gasteiger charge is -2.16. The normalized spacial score (nSPS) is 16.3.